The van der Waals surface area contributed by atoms with Crippen LogP contribution in [0.3, 0.4) is 0 Å². The van der Waals surface area contributed by atoms with Crippen LogP contribution in [0.25, 0.3) is 0 Å². The first-order valence-corrected chi connectivity index (χ1v) is 7.11. The van der Waals surface area contributed by atoms with Crippen LogP contribution < -0.4 is 14.8 Å². The molecule has 1 heterocycles. The zero-order valence-electron chi connectivity index (χ0n) is 13.7. The average molecular weight is 309 g/mol. The van der Waals surface area contributed by atoms with Crippen molar-refractivity contribution in [3.05, 3.63) is 18.2 Å². The second-order valence-corrected chi connectivity index (χ2v) is 6.06. The first-order chi connectivity index (χ1) is 10.3. The maximum absolute atomic E-state index is 12.6. The molecule has 22 heavy (non-hydrogen) atoms. The van der Waals surface area contributed by atoms with Gasteiger partial charge in [0, 0.05) is 6.07 Å². The van der Waals surface area contributed by atoms with E-state index in [0.29, 0.717) is 30.4 Å². The van der Waals surface area contributed by atoms with Crippen molar-refractivity contribution in [2.75, 3.05) is 32.8 Å². The molecule has 2 rings (SSSR count). The number of carbonyl (C=O) groups excluding carboxylic acids is 1. The van der Waals surface area contributed by atoms with Gasteiger partial charge in [-0.1, -0.05) is 0 Å². The number of ether oxygens (including phenoxy) is 4. The topological polar surface area (TPSA) is 66.0 Å². The van der Waals surface area contributed by atoms with Crippen LogP contribution >= 0.6 is 0 Å². The molecule has 1 N–H and O–H groups in total. The Balaban J connectivity index is 2.12. The Kier molecular flexibility index (Phi) is 4.63. The molecule has 6 nitrogen and oxygen atoms in total. The van der Waals surface area contributed by atoms with E-state index in [9.17, 15) is 4.79 Å². The first-order valence-electron chi connectivity index (χ1n) is 7.11. The standard InChI is InChI=1S/C16H23NO5/c1-15(2)21-9-16(3,10-22-15)14(18)17-12-7-6-11(19-4)8-13(12)20-5/h6-8H,9-10H2,1-5H3,(H,17,18). The molecule has 0 saturated carbocycles. The lowest BCUT2D eigenvalue weighted by atomic mass is 9.90. The highest BCUT2D eigenvalue weighted by molar-refractivity contribution is 5.96. The first kappa shape index (κ1) is 16.6. The van der Waals surface area contributed by atoms with Gasteiger partial charge in [-0.3, -0.25) is 4.79 Å². The predicted octanol–water partition coefficient (Wildman–Crippen LogP) is 2.43. The minimum atomic E-state index is -0.750. The van der Waals surface area contributed by atoms with Crippen LogP contribution in [0.4, 0.5) is 5.69 Å². The monoisotopic (exact) mass is 309 g/mol. The van der Waals surface area contributed by atoms with Crippen LogP contribution in [0.2, 0.25) is 0 Å². The van der Waals surface area contributed by atoms with Gasteiger partial charge in [-0.25, -0.2) is 0 Å². The fourth-order valence-corrected chi connectivity index (χ4v) is 2.06. The molecule has 1 aliphatic rings. The Bertz CT molecular complexity index is 545. The van der Waals surface area contributed by atoms with Crippen LogP contribution in [0.1, 0.15) is 20.8 Å². The van der Waals surface area contributed by atoms with Crippen LogP contribution in [0, 0.1) is 5.41 Å². The molecule has 1 aromatic carbocycles. The molecule has 6 heteroatoms. The number of methoxy groups -OCH3 is 2. The van der Waals surface area contributed by atoms with Crippen molar-refractivity contribution in [1.29, 1.82) is 0 Å². The smallest absolute Gasteiger partial charge is 0.235 e. The van der Waals surface area contributed by atoms with E-state index < -0.39 is 11.2 Å². The highest BCUT2D eigenvalue weighted by Crippen LogP contribution is 2.33. The van der Waals surface area contributed by atoms with Crippen molar-refractivity contribution in [1.82, 2.24) is 0 Å². The Morgan fingerprint density at radius 2 is 1.77 bits per heavy atom. The third kappa shape index (κ3) is 3.51. The van der Waals surface area contributed by atoms with Gasteiger partial charge in [-0.05, 0) is 32.9 Å². The Morgan fingerprint density at radius 1 is 1.14 bits per heavy atom. The van der Waals surface area contributed by atoms with E-state index in [2.05, 4.69) is 5.32 Å². The third-order valence-corrected chi connectivity index (χ3v) is 3.68. The Labute approximate surface area is 130 Å². The van der Waals surface area contributed by atoms with Crippen molar-refractivity contribution >= 4 is 11.6 Å². The van der Waals surface area contributed by atoms with E-state index in [1.807, 2.05) is 20.8 Å². The number of hydrogen-bond donors (Lipinski definition) is 1. The van der Waals surface area contributed by atoms with E-state index in [4.69, 9.17) is 18.9 Å². The number of hydrogen-bond acceptors (Lipinski definition) is 5. The number of rotatable bonds is 4. The molecule has 0 spiro atoms. The van der Waals surface area contributed by atoms with Crippen molar-refractivity contribution in [3.8, 4) is 11.5 Å². The molecule has 1 aliphatic heterocycles. The molecule has 0 atom stereocenters. The zero-order chi connectivity index (χ0) is 16.4. The molecule has 122 valence electrons. The van der Waals surface area contributed by atoms with Gasteiger partial charge >= 0.3 is 0 Å². The summed E-state index contributed by atoms with van der Waals surface area (Å²) in [5.74, 6) is 0.366. The number of anilines is 1. The minimum absolute atomic E-state index is 0.175. The summed E-state index contributed by atoms with van der Waals surface area (Å²) in [6.45, 7) is 6.07. The summed E-state index contributed by atoms with van der Waals surface area (Å²) in [4.78, 5) is 12.6. The number of benzene rings is 1. The van der Waals surface area contributed by atoms with Crippen LogP contribution in [-0.2, 0) is 14.3 Å². The van der Waals surface area contributed by atoms with Gasteiger partial charge in [0.15, 0.2) is 5.79 Å². The van der Waals surface area contributed by atoms with Gasteiger partial charge in [0.25, 0.3) is 0 Å². The summed E-state index contributed by atoms with van der Waals surface area (Å²) in [7, 11) is 3.12. The molecule has 0 unspecified atom stereocenters. The molecule has 1 fully saturated rings. The fourth-order valence-electron chi connectivity index (χ4n) is 2.06. The van der Waals surface area contributed by atoms with Crippen molar-refractivity contribution in [2.24, 2.45) is 5.41 Å². The molecule has 0 aliphatic carbocycles. The number of carbonyl (C=O) groups is 1. The minimum Gasteiger partial charge on any atom is -0.497 e. The highest BCUT2D eigenvalue weighted by Gasteiger charge is 2.42. The van der Waals surface area contributed by atoms with Crippen LogP contribution in [0.15, 0.2) is 18.2 Å². The van der Waals surface area contributed by atoms with Crippen molar-refractivity contribution in [3.63, 3.8) is 0 Å². The summed E-state index contributed by atoms with van der Waals surface area (Å²) in [6.07, 6.45) is 0. The maximum Gasteiger partial charge on any atom is 0.235 e. The van der Waals surface area contributed by atoms with Crippen molar-refractivity contribution in [2.45, 2.75) is 26.6 Å². The number of nitrogens with one attached hydrogen (secondary N) is 1. The zero-order valence-corrected chi connectivity index (χ0v) is 13.7. The lowest BCUT2D eigenvalue weighted by Crippen LogP contribution is -2.50. The lowest BCUT2D eigenvalue weighted by Gasteiger charge is -2.40. The molecule has 1 aromatic rings. The third-order valence-electron chi connectivity index (χ3n) is 3.68. The summed E-state index contributed by atoms with van der Waals surface area (Å²) in [6, 6.07) is 5.22. The van der Waals surface area contributed by atoms with Gasteiger partial charge in [-0.2, -0.15) is 0 Å². The van der Waals surface area contributed by atoms with Crippen LogP contribution in [0.5, 0.6) is 11.5 Å². The SMILES string of the molecule is COc1ccc(NC(=O)C2(C)COC(C)(C)OC2)c(OC)c1. The largest absolute Gasteiger partial charge is 0.497 e. The van der Waals surface area contributed by atoms with E-state index in [0.717, 1.165) is 0 Å². The van der Waals surface area contributed by atoms with E-state index in [1.54, 1.807) is 32.4 Å². The summed E-state index contributed by atoms with van der Waals surface area (Å²) in [5, 5.41) is 2.87. The summed E-state index contributed by atoms with van der Waals surface area (Å²) in [5.41, 5.74) is -0.167. The Hall–Kier alpha value is -1.79. The normalized spacial score (nSPS) is 19.3. The van der Waals surface area contributed by atoms with E-state index >= 15 is 0 Å². The summed E-state index contributed by atoms with van der Waals surface area (Å²) >= 11 is 0. The molecule has 1 saturated heterocycles. The van der Waals surface area contributed by atoms with E-state index in [-0.39, 0.29) is 5.91 Å². The molecular weight excluding hydrogens is 286 g/mol. The second kappa shape index (κ2) is 6.14. The Morgan fingerprint density at radius 3 is 2.32 bits per heavy atom. The van der Waals surface area contributed by atoms with Gasteiger partial charge in [0.2, 0.25) is 5.91 Å². The molecule has 0 bridgehead atoms. The maximum atomic E-state index is 12.6. The number of amides is 1. The van der Waals surface area contributed by atoms with Crippen LogP contribution in [-0.4, -0.2) is 39.1 Å². The lowest BCUT2D eigenvalue weighted by molar-refractivity contribution is -0.276. The predicted molar refractivity (Wildman–Crippen MR) is 82.3 cm³/mol. The average Bonchev–Trinajstić information content (AvgIpc) is 2.50. The fraction of sp³-hybridized carbons (Fsp3) is 0.562. The van der Waals surface area contributed by atoms with Gasteiger partial charge < -0.3 is 24.3 Å². The molecule has 0 aromatic heterocycles. The van der Waals surface area contributed by atoms with E-state index in [1.165, 1.54) is 0 Å². The van der Waals surface area contributed by atoms with Crippen molar-refractivity contribution < 1.29 is 23.7 Å². The second-order valence-electron chi connectivity index (χ2n) is 6.06. The van der Waals surface area contributed by atoms with Gasteiger partial charge in [0.05, 0.1) is 38.5 Å². The summed E-state index contributed by atoms with van der Waals surface area (Å²) < 4.78 is 21.6. The molecular formula is C16H23NO5. The quantitative estimate of drug-likeness (QED) is 0.925. The molecule has 1 amide bonds. The van der Waals surface area contributed by atoms with Gasteiger partial charge in [0.1, 0.15) is 11.5 Å². The van der Waals surface area contributed by atoms with Gasteiger partial charge in [-0.15, -0.1) is 0 Å². The highest BCUT2D eigenvalue weighted by atomic mass is 16.7. The molecule has 0 radical (unpaired) electrons.